The molecule has 12 heavy (non-hydrogen) atoms. The van der Waals surface area contributed by atoms with Gasteiger partial charge in [-0.05, 0) is 37.1 Å². The van der Waals surface area contributed by atoms with Gasteiger partial charge >= 0.3 is 0 Å². The van der Waals surface area contributed by atoms with Crippen molar-refractivity contribution in [1.82, 2.24) is 4.90 Å². The summed E-state index contributed by atoms with van der Waals surface area (Å²) in [6, 6.07) is 0. The molecule has 1 saturated carbocycles. The topological polar surface area (TPSA) is 3.24 Å². The summed E-state index contributed by atoms with van der Waals surface area (Å²) in [5.74, 6) is 3.99. The normalized spacial score (nSPS) is 49.2. The van der Waals surface area contributed by atoms with Crippen LogP contribution in [0.15, 0.2) is 0 Å². The van der Waals surface area contributed by atoms with Crippen LogP contribution in [0.4, 0.5) is 0 Å². The van der Waals surface area contributed by atoms with E-state index in [4.69, 9.17) is 0 Å². The second kappa shape index (κ2) is 3.02. The van der Waals surface area contributed by atoms with Crippen molar-refractivity contribution in [3.05, 3.63) is 0 Å². The predicted octanol–water partition coefficient (Wildman–Crippen LogP) is 2.23. The van der Waals surface area contributed by atoms with E-state index in [1.165, 1.54) is 25.9 Å². The first-order valence-electron chi connectivity index (χ1n) is 5.37. The third-order valence-electron chi connectivity index (χ3n) is 4.09. The number of hydrogen-bond donors (Lipinski definition) is 0. The van der Waals surface area contributed by atoms with E-state index >= 15 is 0 Å². The van der Waals surface area contributed by atoms with Gasteiger partial charge in [0.05, 0.1) is 0 Å². The van der Waals surface area contributed by atoms with Gasteiger partial charge in [-0.3, -0.25) is 0 Å². The van der Waals surface area contributed by atoms with Gasteiger partial charge in [-0.25, -0.2) is 0 Å². The second-order valence-electron chi connectivity index (χ2n) is 5.08. The minimum absolute atomic E-state index is 0.943. The highest BCUT2D eigenvalue weighted by atomic mass is 15.1. The van der Waals surface area contributed by atoms with Crippen molar-refractivity contribution in [2.45, 2.75) is 26.7 Å². The van der Waals surface area contributed by atoms with Crippen molar-refractivity contribution < 1.29 is 0 Å². The number of hydrogen-bond acceptors (Lipinski definition) is 1. The molecule has 1 aliphatic heterocycles. The van der Waals surface area contributed by atoms with Gasteiger partial charge in [0.15, 0.2) is 0 Å². The maximum Gasteiger partial charge on any atom is 0.00120 e. The monoisotopic (exact) mass is 167 g/mol. The summed E-state index contributed by atoms with van der Waals surface area (Å²) < 4.78 is 0. The van der Waals surface area contributed by atoms with Crippen LogP contribution in [-0.2, 0) is 0 Å². The molecule has 0 N–H and O–H groups in total. The second-order valence-corrected chi connectivity index (χ2v) is 5.08. The molecule has 2 fully saturated rings. The van der Waals surface area contributed by atoms with Crippen LogP contribution in [0.25, 0.3) is 0 Å². The summed E-state index contributed by atoms with van der Waals surface area (Å²) in [4.78, 5) is 2.52. The Morgan fingerprint density at radius 1 is 0.917 bits per heavy atom. The van der Waals surface area contributed by atoms with Gasteiger partial charge in [-0.2, -0.15) is 0 Å². The number of piperidine rings is 1. The molecule has 0 spiro atoms. The van der Waals surface area contributed by atoms with Gasteiger partial charge in [-0.1, -0.05) is 20.3 Å². The minimum Gasteiger partial charge on any atom is -0.306 e. The third-order valence-corrected chi connectivity index (χ3v) is 4.09. The summed E-state index contributed by atoms with van der Waals surface area (Å²) in [5, 5.41) is 0. The molecule has 0 radical (unpaired) electrons. The van der Waals surface area contributed by atoms with Crippen LogP contribution in [0.3, 0.4) is 0 Å². The van der Waals surface area contributed by atoms with E-state index in [0.29, 0.717) is 0 Å². The van der Waals surface area contributed by atoms with Gasteiger partial charge in [0, 0.05) is 13.1 Å². The molecular formula is C11H21N. The maximum absolute atomic E-state index is 2.52. The van der Waals surface area contributed by atoms with Crippen LogP contribution in [0, 0.1) is 23.7 Å². The summed E-state index contributed by atoms with van der Waals surface area (Å²) in [6.45, 7) is 7.56. The molecular weight excluding hydrogens is 146 g/mol. The molecule has 0 aromatic heterocycles. The molecule has 70 valence electrons. The summed E-state index contributed by atoms with van der Waals surface area (Å²) in [7, 11) is 2.28. The Kier molecular flexibility index (Phi) is 2.16. The van der Waals surface area contributed by atoms with E-state index in [-0.39, 0.29) is 0 Å². The number of likely N-dealkylation sites (tertiary alicyclic amines) is 1. The van der Waals surface area contributed by atoms with E-state index < -0.39 is 0 Å². The smallest absolute Gasteiger partial charge is 0.00120 e. The molecule has 0 aromatic rings. The lowest BCUT2D eigenvalue weighted by Gasteiger charge is -2.39. The Labute approximate surface area is 76.1 Å². The van der Waals surface area contributed by atoms with Crippen molar-refractivity contribution in [3.8, 4) is 0 Å². The Morgan fingerprint density at radius 3 is 2.42 bits per heavy atom. The summed E-state index contributed by atoms with van der Waals surface area (Å²) in [5.41, 5.74) is 0. The molecule has 1 aliphatic carbocycles. The zero-order valence-corrected chi connectivity index (χ0v) is 8.59. The summed E-state index contributed by atoms with van der Waals surface area (Å²) in [6.07, 6.45) is 2.98. The maximum atomic E-state index is 2.52. The minimum atomic E-state index is 0.943. The van der Waals surface area contributed by atoms with Gasteiger partial charge in [0.25, 0.3) is 0 Å². The van der Waals surface area contributed by atoms with Crippen LogP contribution in [0.5, 0.6) is 0 Å². The molecule has 1 heteroatoms. The van der Waals surface area contributed by atoms with E-state index in [2.05, 4.69) is 25.8 Å². The first-order chi connectivity index (χ1) is 5.68. The SMILES string of the molecule is C[C@H]1CC[C@H]2[C@@H]1CN(C)C[C@@H]2C. The highest BCUT2D eigenvalue weighted by Gasteiger charge is 2.40. The molecule has 0 unspecified atom stereocenters. The largest absolute Gasteiger partial charge is 0.306 e. The first-order valence-corrected chi connectivity index (χ1v) is 5.37. The van der Waals surface area contributed by atoms with E-state index in [1.807, 2.05) is 0 Å². The lowest BCUT2D eigenvalue weighted by molar-refractivity contribution is 0.0927. The molecule has 1 nitrogen and oxygen atoms in total. The molecule has 4 atom stereocenters. The molecule has 0 amide bonds. The Balaban J connectivity index is 2.08. The quantitative estimate of drug-likeness (QED) is 0.535. The van der Waals surface area contributed by atoms with Crippen LogP contribution < -0.4 is 0 Å². The van der Waals surface area contributed by atoms with Crippen molar-refractivity contribution in [2.75, 3.05) is 20.1 Å². The fourth-order valence-corrected chi connectivity index (χ4v) is 3.39. The lowest BCUT2D eigenvalue weighted by Crippen LogP contribution is -2.42. The number of rotatable bonds is 0. The molecule has 2 aliphatic rings. The highest BCUT2D eigenvalue weighted by molar-refractivity contribution is 4.91. The standard InChI is InChI=1S/C11H21N/c1-8-4-5-10-9(2)6-12(3)7-11(8)10/h8-11H,4-7H2,1-3H3/t8-,9-,10+,11+/m0/s1. The van der Waals surface area contributed by atoms with Crippen molar-refractivity contribution in [3.63, 3.8) is 0 Å². The molecule has 1 saturated heterocycles. The molecule has 1 heterocycles. The predicted molar refractivity (Wildman–Crippen MR) is 52.0 cm³/mol. The van der Waals surface area contributed by atoms with E-state index in [0.717, 1.165) is 23.7 Å². The van der Waals surface area contributed by atoms with Crippen LogP contribution in [0.1, 0.15) is 26.7 Å². The van der Waals surface area contributed by atoms with Crippen molar-refractivity contribution in [1.29, 1.82) is 0 Å². The Morgan fingerprint density at radius 2 is 1.67 bits per heavy atom. The fourth-order valence-electron chi connectivity index (χ4n) is 3.39. The average Bonchev–Trinajstić information content (AvgIpc) is 2.33. The fraction of sp³-hybridized carbons (Fsp3) is 1.00. The van der Waals surface area contributed by atoms with Crippen molar-refractivity contribution in [2.24, 2.45) is 23.7 Å². The average molecular weight is 167 g/mol. The van der Waals surface area contributed by atoms with Gasteiger partial charge in [-0.15, -0.1) is 0 Å². The summed E-state index contributed by atoms with van der Waals surface area (Å²) >= 11 is 0. The lowest BCUT2D eigenvalue weighted by atomic mass is 9.79. The molecule has 2 rings (SSSR count). The Hall–Kier alpha value is -0.0400. The number of nitrogens with zero attached hydrogens (tertiary/aromatic N) is 1. The van der Waals surface area contributed by atoms with Crippen LogP contribution in [-0.4, -0.2) is 25.0 Å². The number of fused-ring (bicyclic) bond motifs is 1. The van der Waals surface area contributed by atoms with E-state index in [9.17, 15) is 0 Å². The van der Waals surface area contributed by atoms with Gasteiger partial charge < -0.3 is 4.90 Å². The highest BCUT2D eigenvalue weighted by Crippen LogP contribution is 2.43. The first kappa shape index (κ1) is 8.55. The van der Waals surface area contributed by atoms with Crippen LogP contribution in [0.2, 0.25) is 0 Å². The van der Waals surface area contributed by atoms with Gasteiger partial charge in [0.2, 0.25) is 0 Å². The van der Waals surface area contributed by atoms with Crippen molar-refractivity contribution >= 4 is 0 Å². The molecule has 0 bridgehead atoms. The molecule has 0 aromatic carbocycles. The zero-order chi connectivity index (χ0) is 8.72. The van der Waals surface area contributed by atoms with E-state index in [1.54, 1.807) is 0 Å². The van der Waals surface area contributed by atoms with Gasteiger partial charge in [0.1, 0.15) is 0 Å². The third kappa shape index (κ3) is 1.28. The Bertz CT molecular complexity index is 166. The zero-order valence-electron chi connectivity index (χ0n) is 8.59. The van der Waals surface area contributed by atoms with Crippen LogP contribution >= 0.6 is 0 Å².